The second-order valence-corrected chi connectivity index (χ2v) is 7.71. The predicted molar refractivity (Wildman–Crippen MR) is 119 cm³/mol. The maximum Gasteiger partial charge on any atom is 0.344 e. The molecule has 0 saturated carbocycles. The molecule has 1 aromatic heterocycles. The number of hydrogen-bond donors (Lipinski definition) is 0. The van der Waals surface area contributed by atoms with Crippen LogP contribution in [0.2, 0.25) is 0 Å². The average Bonchev–Trinajstić information content (AvgIpc) is 3.48. The molecule has 1 atom stereocenters. The standard InChI is InChI=1S/C24H22N2O4S/c1-2-29-23(27)15-30-22-11-7-6-10-19(22)21-14-20(18-12-13-31-16-18)25-26(21)24(28)17-8-4-3-5-9-17/h3-13,16,21H,2,14-15H2,1H3/t21-/m1/s1. The van der Waals surface area contributed by atoms with Gasteiger partial charge in [-0.2, -0.15) is 16.4 Å². The Labute approximate surface area is 184 Å². The lowest BCUT2D eigenvalue weighted by Gasteiger charge is -2.24. The monoisotopic (exact) mass is 434 g/mol. The summed E-state index contributed by atoms with van der Waals surface area (Å²) in [5.41, 5.74) is 3.21. The highest BCUT2D eigenvalue weighted by Crippen LogP contribution is 2.38. The lowest BCUT2D eigenvalue weighted by atomic mass is 9.98. The minimum atomic E-state index is -0.434. The van der Waals surface area contributed by atoms with E-state index in [4.69, 9.17) is 14.6 Å². The van der Waals surface area contributed by atoms with Crippen molar-refractivity contribution in [2.75, 3.05) is 13.2 Å². The Hall–Kier alpha value is -3.45. The van der Waals surface area contributed by atoms with Crippen molar-refractivity contribution in [3.63, 3.8) is 0 Å². The highest BCUT2D eigenvalue weighted by Gasteiger charge is 2.35. The topological polar surface area (TPSA) is 68.2 Å². The van der Waals surface area contributed by atoms with Crippen molar-refractivity contribution in [1.29, 1.82) is 0 Å². The highest BCUT2D eigenvalue weighted by atomic mass is 32.1. The van der Waals surface area contributed by atoms with Crippen LogP contribution in [0.15, 0.2) is 76.5 Å². The number of carbonyl (C=O) groups is 2. The van der Waals surface area contributed by atoms with Crippen molar-refractivity contribution < 1.29 is 19.1 Å². The van der Waals surface area contributed by atoms with E-state index < -0.39 is 5.97 Å². The Morgan fingerprint density at radius 1 is 1.10 bits per heavy atom. The summed E-state index contributed by atoms with van der Waals surface area (Å²) >= 11 is 1.59. The van der Waals surface area contributed by atoms with Gasteiger partial charge in [-0.1, -0.05) is 36.4 Å². The number of hydrazone groups is 1. The van der Waals surface area contributed by atoms with Gasteiger partial charge in [0, 0.05) is 23.1 Å². The summed E-state index contributed by atoms with van der Waals surface area (Å²) in [6, 6.07) is 18.2. The molecule has 2 heterocycles. The van der Waals surface area contributed by atoms with Gasteiger partial charge in [0.25, 0.3) is 5.91 Å². The number of carbonyl (C=O) groups excluding carboxylic acids is 2. The van der Waals surface area contributed by atoms with E-state index in [1.807, 2.05) is 53.2 Å². The molecule has 6 nitrogen and oxygen atoms in total. The Kier molecular flexibility index (Phi) is 6.43. The third-order valence-electron chi connectivity index (χ3n) is 4.92. The number of esters is 1. The van der Waals surface area contributed by atoms with E-state index in [2.05, 4.69) is 0 Å². The first-order valence-electron chi connectivity index (χ1n) is 10.0. The van der Waals surface area contributed by atoms with Crippen molar-refractivity contribution in [3.8, 4) is 5.75 Å². The number of nitrogens with zero attached hydrogens (tertiary/aromatic N) is 2. The number of ether oxygens (including phenoxy) is 2. The molecule has 1 aliphatic rings. The van der Waals surface area contributed by atoms with E-state index in [1.165, 1.54) is 5.01 Å². The summed E-state index contributed by atoms with van der Waals surface area (Å²) in [7, 11) is 0. The summed E-state index contributed by atoms with van der Waals surface area (Å²) < 4.78 is 10.7. The molecule has 0 spiro atoms. The second-order valence-electron chi connectivity index (χ2n) is 6.93. The van der Waals surface area contributed by atoms with Crippen LogP contribution < -0.4 is 4.74 Å². The third kappa shape index (κ3) is 4.67. The molecule has 7 heteroatoms. The summed E-state index contributed by atoms with van der Waals surface area (Å²) in [6.45, 7) is 1.85. The van der Waals surface area contributed by atoms with Crippen molar-refractivity contribution in [2.45, 2.75) is 19.4 Å². The van der Waals surface area contributed by atoms with Gasteiger partial charge in [0.1, 0.15) is 5.75 Å². The van der Waals surface area contributed by atoms with Gasteiger partial charge in [0.15, 0.2) is 6.61 Å². The van der Waals surface area contributed by atoms with Crippen LogP contribution in [0.1, 0.15) is 40.9 Å². The minimum absolute atomic E-state index is 0.184. The summed E-state index contributed by atoms with van der Waals surface area (Å²) in [4.78, 5) is 25.1. The quantitative estimate of drug-likeness (QED) is 0.506. The van der Waals surface area contributed by atoms with E-state index in [1.54, 1.807) is 36.5 Å². The lowest BCUT2D eigenvalue weighted by Crippen LogP contribution is -2.27. The van der Waals surface area contributed by atoms with Crippen molar-refractivity contribution >= 4 is 28.9 Å². The van der Waals surface area contributed by atoms with Crippen LogP contribution in [0.5, 0.6) is 5.75 Å². The number of para-hydroxylation sites is 1. The van der Waals surface area contributed by atoms with Gasteiger partial charge in [0.2, 0.25) is 0 Å². The maximum absolute atomic E-state index is 13.3. The molecule has 0 saturated heterocycles. The molecule has 0 bridgehead atoms. The van der Waals surface area contributed by atoms with Crippen LogP contribution in [0.3, 0.4) is 0 Å². The number of rotatable bonds is 7. The lowest BCUT2D eigenvalue weighted by molar-refractivity contribution is -0.145. The first-order chi connectivity index (χ1) is 15.2. The maximum atomic E-state index is 13.3. The first kappa shape index (κ1) is 20.8. The molecule has 0 radical (unpaired) electrons. The molecule has 1 aliphatic heterocycles. The van der Waals surface area contributed by atoms with Crippen molar-refractivity contribution in [2.24, 2.45) is 5.10 Å². The summed E-state index contributed by atoms with van der Waals surface area (Å²) in [5, 5.41) is 10.2. The summed E-state index contributed by atoms with van der Waals surface area (Å²) in [6.07, 6.45) is 0.551. The van der Waals surface area contributed by atoms with Crippen molar-refractivity contribution in [1.82, 2.24) is 5.01 Å². The van der Waals surface area contributed by atoms with Gasteiger partial charge in [0.05, 0.1) is 18.4 Å². The van der Waals surface area contributed by atoms with E-state index >= 15 is 0 Å². The number of hydrogen-bond acceptors (Lipinski definition) is 6. The molecular formula is C24H22N2O4S. The van der Waals surface area contributed by atoms with Gasteiger partial charge < -0.3 is 9.47 Å². The number of amides is 1. The number of benzene rings is 2. The Balaban J connectivity index is 1.66. The molecule has 4 rings (SSSR count). The molecule has 0 N–H and O–H groups in total. The Morgan fingerprint density at radius 3 is 2.61 bits per heavy atom. The zero-order valence-corrected chi connectivity index (χ0v) is 17.9. The molecule has 1 amide bonds. The molecule has 0 unspecified atom stereocenters. The molecular weight excluding hydrogens is 412 g/mol. The zero-order chi connectivity index (χ0) is 21.6. The van der Waals surface area contributed by atoms with Gasteiger partial charge in [-0.3, -0.25) is 4.79 Å². The van der Waals surface area contributed by atoms with E-state index in [0.717, 1.165) is 16.8 Å². The molecule has 3 aromatic rings. The van der Waals surface area contributed by atoms with Crippen molar-refractivity contribution in [3.05, 3.63) is 88.1 Å². The van der Waals surface area contributed by atoms with Gasteiger partial charge in [-0.25, -0.2) is 9.80 Å². The van der Waals surface area contributed by atoms with Gasteiger partial charge in [-0.05, 0) is 41.9 Å². The molecule has 0 aliphatic carbocycles. The Bertz CT molecular complexity index is 1080. The fourth-order valence-electron chi connectivity index (χ4n) is 3.48. The van der Waals surface area contributed by atoms with Crippen LogP contribution >= 0.6 is 11.3 Å². The highest BCUT2D eigenvalue weighted by molar-refractivity contribution is 7.08. The zero-order valence-electron chi connectivity index (χ0n) is 17.1. The summed E-state index contributed by atoms with van der Waals surface area (Å²) in [5.74, 6) is -0.0830. The van der Waals surface area contributed by atoms with Crippen LogP contribution in [0.4, 0.5) is 0 Å². The molecule has 0 fully saturated rings. The second kappa shape index (κ2) is 9.57. The smallest absolute Gasteiger partial charge is 0.344 e. The normalized spacial score (nSPS) is 15.5. The predicted octanol–water partition coefficient (Wildman–Crippen LogP) is 4.68. The van der Waals surface area contributed by atoms with Gasteiger partial charge >= 0.3 is 5.97 Å². The SMILES string of the molecule is CCOC(=O)COc1ccccc1[C@H]1CC(c2ccsc2)=NN1C(=O)c1ccccc1. The molecule has 2 aromatic carbocycles. The molecule has 158 valence electrons. The number of thiophene rings is 1. The largest absolute Gasteiger partial charge is 0.482 e. The first-order valence-corrected chi connectivity index (χ1v) is 11.0. The fraction of sp³-hybridized carbons (Fsp3) is 0.208. The third-order valence-corrected chi connectivity index (χ3v) is 5.61. The Morgan fingerprint density at radius 2 is 1.87 bits per heavy atom. The molecule has 31 heavy (non-hydrogen) atoms. The van der Waals surface area contributed by atoms with Crippen LogP contribution in [-0.4, -0.2) is 35.8 Å². The fourth-order valence-corrected chi connectivity index (χ4v) is 4.15. The van der Waals surface area contributed by atoms with E-state index in [0.29, 0.717) is 24.3 Å². The van der Waals surface area contributed by atoms with Crippen LogP contribution in [-0.2, 0) is 9.53 Å². The average molecular weight is 435 g/mol. The minimum Gasteiger partial charge on any atom is -0.482 e. The van der Waals surface area contributed by atoms with Gasteiger partial charge in [-0.15, -0.1) is 0 Å². The van der Waals surface area contributed by atoms with E-state index in [-0.39, 0.29) is 18.6 Å². The van der Waals surface area contributed by atoms with E-state index in [9.17, 15) is 9.59 Å². The van der Waals surface area contributed by atoms with Crippen LogP contribution in [0.25, 0.3) is 0 Å². The van der Waals surface area contributed by atoms with Crippen LogP contribution in [0, 0.1) is 0 Å².